The van der Waals surface area contributed by atoms with E-state index < -0.39 is 0 Å². The molecule has 1 heterocycles. The van der Waals surface area contributed by atoms with E-state index in [-0.39, 0.29) is 0 Å². The highest BCUT2D eigenvalue weighted by Crippen LogP contribution is 2.37. The molecule has 1 aliphatic heterocycles. The van der Waals surface area contributed by atoms with Crippen molar-refractivity contribution in [1.82, 2.24) is 10.2 Å². The van der Waals surface area contributed by atoms with E-state index in [4.69, 9.17) is 0 Å². The Labute approximate surface area is 110 Å². The summed E-state index contributed by atoms with van der Waals surface area (Å²) in [7, 11) is 2.32. The van der Waals surface area contributed by atoms with Gasteiger partial charge in [0.2, 0.25) is 0 Å². The van der Waals surface area contributed by atoms with Gasteiger partial charge in [0.25, 0.3) is 0 Å². The van der Waals surface area contributed by atoms with Crippen molar-refractivity contribution in [1.29, 1.82) is 0 Å². The molecule has 2 aliphatic rings. The number of benzene rings is 1. The van der Waals surface area contributed by atoms with Crippen LogP contribution in [0.1, 0.15) is 42.0 Å². The molecule has 1 N–H and O–H groups in total. The summed E-state index contributed by atoms with van der Waals surface area (Å²) in [4.78, 5) is 2.62. The van der Waals surface area contributed by atoms with Crippen molar-refractivity contribution in [2.24, 2.45) is 0 Å². The van der Waals surface area contributed by atoms with E-state index in [1.807, 2.05) is 0 Å². The van der Waals surface area contributed by atoms with Crippen molar-refractivity contribution in [3.8, 4) is 0 Å². The first kappa shape index (κ1) is 12.2. The van der Waals surface area contributed by atoms with Gasteiger partial charge in [0.1, 0.15) is 0 Å². The van der Waals surface area contributed by atoms with Crippen LogP contribution >= 0.6 is 0 Å². The lowest BCUT2D eigenvalue weighted by atomic mass is 10.00. The molecule has 2 heteroatoms. The molecule has 0 spiro atoms. The third-order valence-electron chi connectivity index (χ3n) is 4.69. The van der Waals surface area contributed by atoms with Gasteiger partial charge in [-0.3, -0.25) is 4.90 Å². The van der Waals surface area contributed by atoms with Crippen LogP contribution in [-0.2, 0) is 6.42 Å². The summed E-state index contributed by atoms with van der Waals surface area (Å²) >= 11 is 0. The van der Waals surface area contributed by atoms with Crippen LogP contribution in [-0.4, -0.2) is 31.1 Å². The van der Waals surface area contributed by atoms with E-state index in [0.29, 0.717) is 6.04 Å². The van der Waals surface area contributed by atoms with Gasteiger partial charge < -0.3 is 5.32 Å². The molecule has 98 valence electrons. The molecular formula is C16H24N2. The number of aryl methyl sites for hydroxylation is 2. The number of nitrogens with zero attached hydrogens (tertiary/aromatic N) is 1. The normalized spacial score (nSPS) is 27.5. The zero-order chi connectivity index (χ0) is 12.5. The number of likely N-dealkylation sites (N-methyl/N-ethyl adjacent to an activating group) is 1. The molecule has 0 radical (unpaired) electrons. The van der Waals surface area contributed by atoms with Crippen LogP contribution in [0.3, 0.4) is 0 Å². The Kier molecular flexibility index (Phi) is 3.40. The van der Waals surface area contributed by atoms with Crippen LogP contribution in [0.4, 0.5) is 0 Å². The van der Waals surface area contributed by atoms with E-state index in [0.717, 1.165) is 12.6 Å². The van der Waals surface area contributed by atoms with E-state index in [9.17, 15) is 0 Å². The maximum absolute atomic E-state index is 3.53. The van der Waals surface area contributed by atoms with Crippen LogP contribution < -0.4 is 5.32 Å². The summed E-state index contributed by atoms with van der Waals surface area (Å²) in [6.45, 7) is 4.57. The number of piperidine rings is 1. The summed E-state index contributed by atoms with van der Waals surface area (Å²) in [5.41, 5.74) is 4.56. The topological polar surface area (TPSA) is 15.3 Å². The lowest BCUT2D eigenvalue weighted by molar-refractivity contribution is 0.146. The van der Waals surface area contributed by atoms with E-state index >= 15 is 0 Å². The first-order chi connectivity index (χ1) is 8.75. The maximum Gasteiger partial charge on any atom is 0.0354 e. The molecule has 1 fully saturated rings. The SMILES string of the molecule is Cc1ccc2c(c1)C(N(C)C1CCCNC1)CC2. The second-order valence-electron chi connectivity index (χ2n) is 5.92. The maximum atomic E-state index is 3.53. The van der Waals surface area contributed by atoms with Gasteiger partial charge in [0.15, 0.2) is 0 Å². The molecule has 0 saturated carbocycles. The minimum absolute atomic E-state index is 0.643. The highest BCUT2D eigenvalue weighted by molar-refractivity contribution is 5.37. The molecule has 2 unspecified atom stereocenters. The number of hydrogen-bond donors (Lipinski definition) is 1. The first-order valence-electron chi connectivity index (χ1n) is 7.28. The molecule has 2 atom stereocenters. The summed E-state index contributed by atoms with van der Waals surface area (Å²) in [6, 6.07) is 8.35. The molecule has 0 amide bonds. The Morgan fingerprint density at radius 2 is 2.17 bits per heavy atom. The second kappa shape index (κ2) is 5.02. The minimum Gasteiger partial charge on any atom is -0.315 e. The predicted octanol–water partition coefficient (Wildman–Crippen LogP) is 2.67. The Hall–Kier alpha value is -0.860. The van der Waals surface area contributed by atoms with Crippen molar-refractivity contribution < 1.29 is 0 Å². The van der Waals surface area contributed by atoms with Gasteiger partial charge >= 0.3 is 0 Å². The fraction of sp³-hybridized carbons (Fsp3) is 0.625. The van der Waals surface area contributed by atoms with Crippen molar-refractivity contribution >= 4 is 0 Å². The number of fused-ring (bicyclic) bond motifs is 1. The average molecular weight is 244 g/mol. The second-order valence-corrected chi connectivity index (χ2v) is 5.92. The zero-order valence-corrected chi connectivity index (χ0v) is 11.6. The minimum atomic E-state index is 0.643. The quantitative estimate of drug-likeness (QED) is 0.860. The molecule has 1 aromatic carbocycles. The summed E-state index contributed by atoms with van der Waals surface area (Å²) in [5, 5.41) is 3.53. The molecule has 1 saturated heterocycles. The van der Waals surface area contributed by atoms with Crippen LogP contribution in [0.15, 0.2) is 18.2 Å². The molecule has 3 rings (SSSR count). The standard InChI is InChI=1S/C16H24N2/c1-12-5-6-13-7-8-16(15(13)10-12)18(2)14-4-3-9-17-11-14/h5-6,10,14,16-17H,3-4,7-9,11H2,1-2H3. The van der Waals surface area contributed by atoms with Crippen molar-refractivity contribution in [2.45, 2.75) is 44.7 Å². The van der Waals surface area contributed by atoms with Crippen LogP contribution in [0.25, 0.3) is 0 Å². The highest BCUT2D eigenvalue weighted by Gasteiger charge is 2.30. The van der Waals surface area contributed by atoms with E-state index in [2.05, 4.69) is 42.4 Å². The van der Waals surface area contributed by atoms with E-state index in [1.54, 1.807) is 11.1 Å². The molecule has 1 aliphatic carbocycles. The number of hydrogen-bond acceptors (Lipinski definition) is 2. The van der Waals surface area contributed by atoms with Gasteiger partial charge in [-0.2, -0.15) is 0 Å². The summed E-state index contributed by atoms with van der Waals surface area (Å²) in [5.74, 6) is 0. The van der Waals surface area contributed by atoms with Gasteiger partial charge in [0.05, 0.1) is 0 Å². The molecule has 18 heavy (non-hydrogen) atoms. The number of rotatable bonds is 2. The largest absolute Gasteiger partial charge is 0.315 e. The smallest absolute Gasteiger partial charge is 0.0354 e. The molecule has 0 bridgehead atoms. The van der Waals surface area contributed by atoms with E-state index in [1.165, 1.54) is 37.8 Å². The van der Waals surface area contributed by atoms with Crippen LogP contribution in [0, 0.1) is 6.92 Å². The van der Waals surface area contributed by atoms with Gasteiger partial charge in [-0.05, 0) is 57.3 Å². The predicted molar refractivity (Wildman–Crippen MR) is 75.9 cm³/mol. The molecule has 1 aromatic rings. The Bertz CT molecular complexity index is 421. The lowest BCUT2D eigenvalue weighted by Gasteiger charge is -2.36. The highest BCUT2D eigenvalue weighted by atomic mass is 15.2. The van der Waals surface area contributed by atoms with Crippen molar-refractivity contribution in [2.75, 3.05) is 20.1 Å². The van der Waals surface area contributed by atoms with Crippen LogP contribution in [0.2, 0.25) is 0 Å². The summed E-state index contributed by atoms with van der Waals surface area (Å²) in [6.07, 6.45) is 5.22. The van der Waals surface area contributed by atoms with Crippen LogP contribution in [0.5, 0.6) is 0 Å². The van der Waals surface area contributed by atoms with Crippen molar-refractivity contribution in [3.05, 3.63) is 34.9 Å². The fourth-order valence-electron chi connectivity index (χ4n) is 3.56. The summed E-state index contributed by atoms with van der Waals surface area (Å²) < 4.78 is 0. The average Bonchev–Trinajstić information content (AvgIpc) is 2.82. The monoisotopic (exact) mass is 244 g/mol. The fourth-order valence-corrected chi connectivity index (χ4v) is 3.56. The van der Waals surface area contributed by atoms with Gasteiger partial charge in [0, 0.05) is 18.6 Å². The molecule has 0 aromatic heterocycles. The van der Waals surface area contributed by atoms with Gasteiger partial charge in [-0.25, -0.2) is 0 Å². The first-order valence-corrected chi connectivity index (χ1v) is 7.28. The molecule has 2 nitrogen and oxygen atoms in total. The molecular weight excluding hydrogens is 220 g/mol. The van der Waals surface area contributed by atoms with Gasteiger partial charge in [-0.1, -0.05) is 23.8 Å². The third kappa shape index (κ3) is 2.19. The van der Waals surface area contributed by atoms with Gasteiger partial charge in [-0.15, -0.1) is 0 Å². The zero-order valence-electron chi connectivity index (χ0n) is 11.6. The Morgan fingerprint density at radius 3 is 2.94 bits per heavy atom. The van der Waals surface area contributed by atoms with Crippen molar-refractivity contribution in [3.63, 3.8) is 0 Å². The third-order valence-corrected chi connectivity index (χ3v) is 4.69. The lowest BCUT2D eigenvalue weighted by Crippen LogP contribution is -2.45. The Balaban J connectivity index is 1.80. The number of nitrogens with one attached hydrogen (secondary N) is 1. The Morgan fingerprint density at radius 1 is 1.28 bits per heavy atom.